The summed E-state index contributed by atoms with van der Waals surface area (Å²) in [5.74, 6) is 1.96. The van der Waals surface area contributed by atoms with Gasteiger partial charge in [-0.25, -0.2) is 9.97 Å². The number of hydrogen-bond acceptors (Lipinski definition) is 6. The quantitative estimate of drug-likeness (QED) is 0.438. The maximum absolute atomic E-state index is 11.7. The van der Waals surface area contributed by atoms with Crippen LogP contribution < -0.4 is 15.6 Å². The van der Waals surface area contributed by atoms with Gasteiger partial charge in [-0.2, -0.15) is 0 Å². The molecule has 0 saturated heterocycles. The number of nitrogens with zero attached hydrogens (tertiary/aromatic N) is 3. The van der Waals surface area contributed by atoms with Crippen molar-refractivity contribution < 1.29 is 4.74 Å². The third kappa shape index (κ3) is 3.81. The van der Waals surface area contributed by atoms with E-state index in [0.29, 0.717) is 18.2 Å². The number of ether oxygens (including phenoxy) is 1. The van der Waals surface area contributed by atoms with Crippen molar-refractivity contribution in [3.05, 3.63) is 83.4 Å². The normalized spacial score (nSPS) is 11.0. The van der Waals surface area contributed by atoms with Gasteiger partial charge in [-0.3, -0.25) is 9.78 Å². The number of pyridine rings is 2. The van der Waals surface area contributed by atoms with E-state index in [2.05, 4.69) is 15.3 Å². The Hall–Kier alpha value is -4.26. The molecule has 2 N–H and O–H groups in total. The van der Waals surface area contributed by atoms with Crippen LogP contribution in [0.15, 0.2) is 77.9 Å². The van der Waals surface area contributed by atoms with Crippen molar-refractivity contribution in [3.63, 3.8) is 0 Å². The number of H-pyrrole nitrogens is 1. The first kappa shape index (κ1) is 18.7. The number of aromatic amines is 1. The van der Waals surface area contributed by atoms with Gasteiger partial charge >= 0.3 is 0 Å². The van der Waals surface area contributed by atoms with Gasteiger partial charge in [0.05, 0.1) is 17.6 Å². The summed E-state index contributed by atoms with van der Waals surface area (Å²) in [5.41, 5.74) is 3.02. The summed E-state index contributed by atoms with van der Waals surface area (Å²) in [6.07, 6.45) is 3.45. The minimum atomic E-state index is -0.141. The molecule has 0 aliphatic heterocycles. The Kier molecular flexibility index (Phi) is 4.76. The molecular weight excluding hydrogens is 390 g/mol. The van der Waals surface area contributed by atoms with Crippen LogP contribution in [0, 0.1) is 0 Å². The Morgan fingerprint density at radius 1 is 1.03 bits per heavy atom. The van der Waals surface area contributed by atoms with E-state index in [0.717, 1.165) is 38.8 Å². The van der Waals surface area contributed by atoms with Gasteiger partial charge in [-0.05, 0) is 60.8 Å². The second-order valence-electron chi connectivity index (χ2n) is 7.00. The topological polar surface area (TPSA) is 92.8 Å². The average molecular weight is 409 g/mol. The molecule has 3 aromatic heterocycles. The monoisotopic (exact) mass is 409 g/mol. The second-order valence-corrected chi connectivity index (χ2v) is 7.00. The highest BCUT2D eigenvalue weighted by molar-refractivity contribution is 5.94. The molecule has 31 heavy (non-hydrogen) atoms. The lowest BCUT2D eigenvalue weighted by molar-refractivity contribution is 0.340. The Labute approximate surface area is 177 Å². The lowest BCUT2D eigenvalue weighted by Crippen LogP contribution is -2.03. The van der Waals surface area contributed by atoms with Crippen LogP contribution in [0.2, 0.25) is 0 Å². The van der Waals surface area contributed by atoms with E-state index in [-0.39, 0.29) is 5.56 Å². The van der Waals surface area contributed by atoms with Crippen LogP contribution in [-0.4, -0.2) is 26.5 Å². The van der Waals surface area contributed by atoms with Crippen LogP contribution in [0.1, 0.15) is 6.92 Å². The van der Waals surface area contributed by atoms with Gasteiger partial charge < -0.3 is 15.0 Å². The predicted octanol–water partition coefficient (Wildman–Crippen LogP) is 4.68. The Bertz CT molecular complexity index is 1450. The summed E-state index contributed by atoms with van der Waals surface area (Å²) in [5, 5.41) is 5.17. The van der Waals surface area contributed by atoms with Crippen molar-refractivity contribution >= 4 is 33.3 Å². The highest BCUT2D eigenvalue weighted by atomic mass is 16.5. The number of aromatic nitrogens is 4. The SMILES string of the molecule is CCOc1ccc2nc(-c3cccnc3)nc(Nc3ccc4ccc(=O)[nH]c4c3)c2c1. The fraction of sp³-hybridized carbons (Fsp3) is 0.0833. The standard InChI is InChI=1S/C24H19N5O2/c1-2-31-18-8-9-20-19(13-18)24(29-23(28-20)16-4-3-11-25-14-16)26-17-7-5-15-6-10-22(30)27-21(15)12-17/h3-14H,2H2,1H3,(H,27,30)(H,26,28,29). The van der Waals surface area contributed by atoms with Crippen LogP contribution in [-0.2, 0) is 0 Å². The third-order valence-electron chi connectivity index (χ3n) is 4.89. The van der Waals surface area contributed by atoms with Crippen LogP contribution in [0.3, 0.4) is 0 Å². The van der Waals surface area contributed by atoms with Crippen LogP contribution in [0.4, 0.5) is 11.5 Å². The molecule has 0 radical (unpaired) electrons. The first-order valence-electron chi connectivity index (χ1n) is 9.95. The van der Waals surface area contributed by atoms with Crippen molar-refractivity contribution in [3.8, 4) is 17.1 Å². The molecule has 0 spiro atoms. The Morgan fingerprint density at radius 3 is 2.77 bits per heavy atom. The van der Waals surface area contributed by atoms with E-state index in [1.54, 1.807) is 18.5 Å². The zero-order chi connectivity index (χ0) is 21.2. The second kappa shape index (κ2) is 7.87. The van der Waals surface area contributed by atoms with E-state index in [4.69, 9.17) is 14.7 Å². The molecule has 0 atom stereocenters. The highest BCUT2D eigenvalue weighted by Gasteiger charge is 2.12. The molecule has 0 fully saturated rings. The molecule has 0 aliphatic rings. The Morgan fingerprint density at radius 2 is 1.94 bits per heavy atom. The molecule has 0 bridgehead atoms. The van der Waals surface area contributed by atoms with Crippen molar-refractivity contribution in [1.29, 1.82) is 0 Å². The zero-order valence-electron chi connectivity index (χ0n) is 16.8. The number of benzene rings is 2. The van der Waals surface area contributed by atoms with Crippen molar-refractivity contribution in [2.45, 2.75) is 6.92 Å². The van der Waals surface area contributed by atoms with E-state index in [1.807, 2.05) is 55.5 Å². The molecule has 2 aromatic carbocycles. The summed E-state index contributed by atoms with van der Waals surface area (Å²) in [4.78, 5) is 28.2. The number of anilines is 2. The summed E-state index contributed by atoms with van der Waals surface area (Å²) in [6, 6.07) is 18.6. The van der Waals surface area contributed by atoms with Crippen LogP contribution >= 0.6 is 0 Å². The summed E-state index contributed by atoms with van der Waals surface area (Å²) in [6.45, 7) is 2.52. The van der Waals surface area contributed by atoms with E-state index >= 15 is 0 Å². The van der Waals surface area contributed by atoms with Gasteiger partial charge in [-0.1, -0.05) is 6.07 Å². The molecule has 5 rings (SSSR count). The largest absolute Gasteiger partial charge is 0.494 e. The van der Waals surface area contributed by atoms with Crippen molar-refractivity contribution in [1.82, 2.24) is 19.9 Å². The molecule has 7 nitrogen and oxygen atoms in total. The highest BCUT2D eigenvalue weighted by Crippen LogP contribution is 2.30. The number of nitrogens with one attached hydrogen (secondary N) is 2. The minimum Gasteiger partial charge on any atom is -0.494 e. The fourth-order valence-electron chi connectivity index (χ4n) is 3.45. The fourth-order valence-corrected chi connectivity index (χ4v) is 3.45. The first-order valence-corrected chi connectivity index (χ1v) is 9.95. The molecular formula is C24H19N5O2. The Balaban J connectivity index is 1.65. The minimum absolute atomic E-state index is 0.141. The smallest absolute Gasteiger partial charge is 0.248 e. The zero-order valence-corrected chi connectivity index (χ0v) is 16.8. The number of rotatable bonds is 5. The first-order chi connectivity index (χ1) is 15.2. The van der Waals surface area contributed by atoms with Gasteiger partial charge in [0.25, 0.3) is 0 Å². The molecule has 7 heteroatoms. The van der Waals surface area contributed by atoms with Crippen LogP contribution in [0.5, 0.6) is 5.75 Å². The van der Waals surface area contributed by atoms with Gasteiger partial charge in [0.15, 0.2) is 5.82 Å². The molecule has 0 amide bonds. The van der Waals surface area contributed by atoms with Crippen molar-refractivity contribution in [2.75, 3.05) is 11.9 Å². The summed E-state index contributed by atoms with van der Waals surface area (Å²) in [7, 11) is 0. The molecule has 0 aliphatic carbocycles. The van der Waals surface area contributed by atoms with Gasteiger partial charge in [0.2, 0.25) is 5.56 Å². The number of hydrogen-bond donors (Lipinski definition) is 2. The van der Waals surface area contributed by atoms with Crippen molar-refractivity contribution in [2.24, 2.45) is 0 Å². The van der Waals surface area contributed by atoms with Crippen LogP contribution in [0.25, 0.3) is 33.2 Å². The van der Waals surface area contributed by atoms with E-state index in [9.17, 15) is 4.79 Å². The molecule has 5 aromatic rings. The third-order valence-corrected chi connectivity index (χ3v) is 4.89. The van der Waals surface area contributed by atoms with E-state index in [1.165, 1.54) is 6.07 Å². The molecule has 0 unspecified atom stereocenters. The molecule has 0 saturated carbocycles. The van der Waals surface area contributed by atoms with E-state index < -0.39 is 0 Å². The summed E-state index contributed by atoms with van der Waals surface area (Å²) < 4.78 is 5.67. The maximum atomic E-state index is 11.7. The van der Waals surface area contributed by atoms with Gasteiger partial charge in [0, 0.05) is 35.1 Å². The summed E-state index contributed by atoms with van der Waals surface area (Å²) >= 11 is 0. The lowest BCUT2D eigenvalue weighted by Gasteiger charge is -2.13. The predicted molar refractivity (Wildman–Crippen MR) is 122 cm³/mol. The molecule has 152 valence electrons. The molecule has 3 heterocycles. The maximum Gasteiger partial charge on any atom is 0.248 e. The number of fused-ring (bicyclic) bond motifs is 2. The van der Waals surface area contributed by atoms with Gasteiger partial charge in [0.1, 0.15) is 11.6 Å². The lowest BCUT2D eigenvalue weighted by atomic mass is 10.1. The van der Waals surface area contributed by atoms with Gasteiger partial charge in [-0.15, -0.1) is 0 Å². The average Bonchev–Trinajstić information content (AvgIpc) is 2.80.